The first-order valence-corrected chi connectivity index (χ1v) is 9.01. The number of ether oxygens (including phenoxy) is 1. The third-order valence-corrected chi connectivity index (χ3v) is 5.15. The topological polar surface area (TPSA) is 65.4 Å². The van der Waals surface area contributed by atoms with E-state index < -0.39 is 0 Å². The van der Waals surface area contributed by atoms with Crippen molar-refractivity contribution < 1.29 is 9.53 Å². The Morgan fingerprint density at radius 2 is 1.96 bits per heavy atom. The highest BCUT2D eigenvalue weighted by Crippen LogP contribution is 2.27. The van der Waals surface area contributed by atoms with Crippen LogP contribution in [-0.4, -0.2) is 36.5 Å². The highest BCUT2D eigenvalue weighted by atomic mass is 16.5. The Kier molecular flexibility index (Phi) is 4.59. The average molecular weight is 347 g/mol. The van der Waals surface area contributed by atoms with Crippen LogP contribution in [0.25, 0.3) is 0 Å². The van der Waals surface area contributed by atoms with Gasteiger partial charge >= 0.3 is 0 Å². The molecule has 26 heavy (non-hydrogen) atoms. The first-order valence-electron chi connectivity index (χ1n) is 9.01. The molecule has 0 spiro atoms. The van der Waals surface area contributed by atoms with E-state index in [-0.39, 0.29) is 11.9 Å². The summed E-state index contributed by atoms with van der Waals surface area (Å²) in [4.78, 5) is 14.9. The number of hydrogen-bond donors (Lipinski definition) is 1. The van der Waals surface area contributed by atoms with Crippen molar-refractivity contribution in [2.24, 2.45) is 5.92 Å². The third kappa shape index (κ3) is 3.56. The summed E-state index contributed by atoms with van der Waals surface area (Å²) in [6.45, 7) is 3.30. The van der Waals surface area contributed by atoms with Gasteiger partial charge in [0.25, 0.3) is 5.91 Å². The SMILES string of the molecule is N#Cc1ccccc1Oc1ccc(C(=O)N[C@@H]2C[C@@H]3CCN(C3)C2)cc1. The number of rotatable bonds is 4. The number of piperidine rings is 1. The van der Waals surface area contributed by atoms with Crippen LogP contribution in [0, 0.1) is 17.2 Å². The summed E-state index contributed by atoms with van der Waals surface area (Å²) < 4.78 is 5.76. The molecule has 4 rings (SSSR count). The lowest BCUT2D eigenvalue weighted by molar-refractivity contribution is 0.0909. The van der Waals surface area contributed by atoms with Crippen LogP contribution in [0.5, 0.6) is 11.5 Å². The van der Waals surface area contributed by atoms with Crippen LogP contribution in [0.4, 0.5) is 0 Å². The molecule has 2 bridgehead atoms. The number of nitriles is 1. The highest BCUT2D eigenvalue weighted by molar-refractivity contribution is 5.94. The predicted octanol–water partition coefficient (Wildman–Crippen LogP) is 3.17. The molecule has 5 heteroatoms. The van der Waals surface area contributed by atoms with Gasteiger partial charge in [-0.1, -0.05) is 12.1 Å². The minimum Gasteiger partial charge on any atom is -0.456 e. The molecule has 2 fully saturated rings. The van der Waals surface area contributed by atoms with Crippen molar-refractivity contribution in [3.63, 3.8) is 0 Å². The molecule has 0 saturated carbocycles. The lowest BCUT2D eigenvalue weighted by Gasteiger charge is -2.30. The van der Waals surface area contributed by atoms with Crippen LogP contribution in [-0.2, 0) is 0 Å². The van der Waals surface area contributed by atoms with Crippen molar-refractivity contribution in [2.45, 2.75) is 18.9 Å². The van der Waals surface area contributed by atoms with Gasteiger partial charge in [-0.05, 0) is 61.7 Å². The zero-order valence-electron chi connectivity index (χ0n) is 14.5. The van der Waals surface area contributed by atoms with Crippen molar-refractivity contribution in [1.29, 1.82) is 5.26 Å². The number of amides is 1. The minimum atomic E-state index is -0.0403. The Bertz CT molecular complexity index is 829. The predicted molar refractivity (Wildman–Crippen MR) is 98.1 cm³/mol. The van der Waals surface area contributed by atoms with Gasteiger partial charge in [0.1, 0.15) is 17.6 Å². The van der Waals surface area contributed by atoms with Gasteiger partial charge in [0.2, 0.25) is 0 Å². The van der Waals surface area contributed by atoms with Gasteiger partial charge in [0.15, 0.2) is 0 Å². The maximum atomic E-state index is 12.5. The van der Waals surface area contributed by atoms with Gasteiger partial charge in [-0.3, -0.25) is 4.79 Å². The van der Waals surface area contributed by atoms with Crippen LogP contribution in [0.15, 0.2) is 48.5 Å². The smallest absolute Gasteiger partial charge is 0.251 e. The average Bonchev–Trinajstić information content (AvgIpc) is 3.01. The van der Waals surface area contributed by atoms with E-state index in [1.807, 2.05) is 6.07 Å². The van der Waals surface area contributed by atoms with E-state index in [0.717, 1.165) is 25.4 Å². The first kappa shape index (κ1) is 16.6. The number of carbonyl (C=O) groups excluding carboxylic acids is 1. The number of benzene rings is 2. The van der Waals surface area contributed by atoms with E-state index in [4.69, 9.17) is 10.00 Å². The molecule has 5 nitrogen and oxygen atoms in total. The normalized spacial score (nSPS) is 23.9. The second kappa shape index (κ2) is 7.19. The zero-order chi connectivity index (χ0) is 17.9. The number of hydrogen-bond acceptors (Lipinski definition) is 4. The standard InChI is InChI=1S/C21H21N3O2/c22-12-17-3-1-2-4-20(17)26-19-7-5-16(6-8-19)21(25)23-18-11-15-9-10-24(13-15)14-18/h1-8,15,18H,9-11,13-14H2,(H,23,25)/t15-,18+/m0/s1. The van der Waals surface area contributed by atoms with Crippen LogP contribution < -0.4 is 10.1 Å². The quantitative estimate of drug-likeness (QED) is 0.922. The molecule has 2 saturated heterocycles. The van der Waals surface area contributed by atoms with Gasteiger partial charge in [-0.25, -0.2) is 0 Å². The summed E-state index contributed by atoms with van der Waals surface area (Å²) in [6, 6.07) is 16.5. The first-order chi connectivity index (χ1) is 12.7. The van der Waals surface area contributed by atoms with Crippen molar-refractivity contribution in [3.8, 4) is 17.6 Å². The van der Waals surface area contributed by atoms with Gasteiger partial charge in [0, 0.05) is 24.7 Å². The molecule has 0 aliphatic carbocycles. The number of fused-ring (bicyclic) bond motifs is 2. The molecule has 1 unspecified atom stereocenters. The molecular formula is C21H21N3O2. The molecule has 0 radical (unpaired) electrons. The molecule has 1 N–H and O–H groups in total. The largest absolute Gasteiger partial charge is 0.456 e. The Morgan fingerprint density at radius 1 is 1.15 bits per heavy atom. The van der Waals surface area contributed by atoms with E-state index in [0.29, 0.717) is 22.6 Å². The second-order valence-electron chi connectivity index (χ2n) is 7.05. The number of carbonyl (C=O) groups is 1. The molecule has 2 heterocycles. The fraction of sp³-hybridized carbons (Fsp3) is 0.333. The molecule has 0 aromatic heterocycles. The summed E-state index contributed by atoms with van der Waals surface area (Å²) in [5, 5.41) is 12.3. The molecule has 2 aromatic rings. The molecule has 132 valence electrons. The van der Waals surface area contributed by atoms with Gasteiger partial charge < -0.3 is 15.0 Å². The Labute approximate surface area is 153 Å². The fourth-order valence-electron chi connectivity index (χ4n) is 3.88. The lowest BCUT2D eigenvalue weighted by atomic mass is 9.96. The second-order valence-corrected chi connectivity index (χ2v) is 7.05. The molecule has 1 amide bonds. The van der Waals surface area contributed by atoms with Gasteiger partial charge in [0.05, 0.1) is 5.56 Å². The van der Waals surface area contributed by atoms with Crippen molar-refractivity contribution in [3.05, 3.63) is 59.7 Å². The Morgan fingerprint density at radius 3 is 2.73 bits per heavy atom. The van der Waals surface area contributed by atoms with E-state index >= 15 is 0 Å². The summed E-state index contributed by atoms with van der Waals surface area (Å²) >= 11 is 0. The van der Waals surface area contributed by atoms with E-state index in [1.54, 1.807) is 42.5 Å². The Balaban J connectivity index is 1.39. The Hall–Kier alpha value is -2.84. The maximum Gasteiger partial charge on any atom is 0.251 e. The van der Waals surface area contributed by atoms with Gasteiger partial charge in [-0.2, -0.15) is 5.26 Å². The van der Waals surface area contributed by atoms with Crippen LogP contribution in [0.3, 0.4) is 0 Å². The van der Waals surface area contributed by atoms with E-state index in [9.17, 15) is 4.79 Å². The number of nitrogens with zero attached hydrogens (tertiary/aromatic N) is 2. The molecular weight excluding hydrogens is 326 g/mol. The van der Waals surface area contributed by atoms with E-state index in [1.165, 1.54) is 13.0 Å². The van der Waals surface area contributed by atoms with Crippen LogP contribution >= 0.6 is 0 Å². The molecule has 2 aliphatic heterocycles. The number of nitrogens with one attached hydrogen (secondary N) is 1. The third-order valence-electron chi connectivity index (χ3n) is 5.15. The van der Waals surface area contributed by atoms with Crippen molar-refractivity contribution in [2.75, 3.05) is 19.6 Å². The summed E-state index contributed by atoms with van der Waals surface area (Å²) in [6.07, 6.45) is 2.33. The van der Waals surface area contributed by atoms with Crippen LogP contribution in [0.2, 0.25) is 0 Å². The van der Waals surface area contributed by atoms with Crippen molar-refractivity contribution >= 4 is 5.91 Å². The lowest BCUT2D eigenvalue weighted by Crippen LogP contribution is -2.46. The minimum absolute atomic E-state index is 0.0403. The maximum absolute atomic E-state index is 12.5. The zero-order valence-corrected chi connectivity index (χ0v) is 14.5. The fourth-order valence-corrected chi connectivity index (χ4v) is 3.88. The van der Waals surface area contributed by atoms with Gasteiger partial charge in [-0.15, -0.1) is 0 Å². The highest BCUT2D eigenvalue weighted by Gasteiger charge is 2.32. The molecule has 2 aliphatic rings. The summed E-state index contributed by atoms with van der Waals surface area (Å²) in [7, 11) is 0. The molecule has 2 aromatic carbocycles. The number of para-hydroxylation sites is 1. The summed E-state index contributed by atoms with van der Waals surface area (Å²) in [5.41, 5.74) is 1.11. The molecule has 3 atom stereocenters. The van der Waals surface area contributed by atoms with E-state index in [2.05, 4.69) is 16.3 Å². The van der Waals surface area contributed by atoms with Crippen LogP contribution in [0.1, 0.15) is 28.8 Å². The van der Waals surface area contributed by atoms with Crippen molar-refractivity contribution in [1.82, 2.24) is 10.2 Å². The monoisotopic (exact) mass is 347 g/mol. The summed E-state index contributed by atoms with van der Waals surface area (Å²) in [5.74, 6) is 1.80.